The third-order valence-corrected chi connectivity index (χ3v) is 3.57. The Bertz CT molecular complexity index is 386. The van der Waals surface area contributed by atoms with E-state index in [1.165, 1.54) is 9.80 Å². The monoisotopic (exact) mass is 300 g/mol. The second-order valence-electron chi connectivity index (χ2n) is 5.16. The average molecular weight is 300 g/mol. The molecule has 0 saturated carbocycles. The van der Waals surface area contributed by atoms with E-state index in [2.05, 4.69) is 0 Å². The molecule has 1 saturated heterocycles. The molecule has 7 nitrogen and oxygen atoms in total. The molecular formula is C14H24N2O5. The highest BCUT2D eigenvalue weighted by Crippen LogP contribution is 2.18. The fourth-order valence-electron chi connectivity index (χ4n) is 2.40. The molecule has 2 amide bonds. The Morgan fingerprint density at radius 2 is 2.00 bits per heavy atom. The first-order valence-electron chi connectivity index (χ1n) is 7.37. The zero-order chi connectivity index (χ0) is 15.8. The van der Waals surface area contributed by atoms with Crippen LogP contribution in [-0.2, 0) is 14.3 Å². The Morgan fingerprint density at radius 3 is 2.62 bits per heavy atom. The smallest absolute Gasteiger partial charge is 0.326 e. The van der Waals surface area contributed by atoms with Crippen LogP contribution in [0.5, 0.6) is 0 Å². The number of hydrogen-bond donors (Lipinski definition) is 1. The van der Waals surface area contributed by atoms with E-state index in [4.69, 9.17) is 4.74 Å². The van der Waals surface area contributed by atoms with Crippen molar-refractivity contribution in [3.05, 3.63) is 0 Å². The van der Waals surface area contributed by atoms with Crippen LogP contribution in [0, 0.1) is 0 Å². The largest absolute Gasteiger partial charge is 0.480 e. The number of esters is 1. The Kier molecular flexibility index (Phi) is 6.98. The summed E-state index contributed by atoms with van der Waals surface area (Å²) in [6.07, 6.45) is 3.14. The molecule has 0 radical (unpaired) electrons. The molecule has 1 N–H and O–H groups in total. The van der Waals surface area contributed by atoms with Crippen LogP contribution >= 0.6 is 0 Å². The summed E-state index contributed by atoms with van der Waals surface area (Å²) in [5.41, 5.74) is 0. The van der Waals surface area contributed by atoms with Gasteiger partial charge in [-0.3, -0.25) is 4.79 Å². The third-order valence-electron chi connectivity index (χ3n) is 3.57. The van der Waals surface area contributed by atoms with Crippen LogP contribution in [0.15, 0.2) is 0 Å². The average Bonchev–Trinajstić information content (AvgIpc) is 2.70. The van der Waals surface area contributed by atoms with Gasteiger partial charge in [0.05, 0.1) is 13.0 Å². The number of carboxylic acids is 1. The van der Waals surface area contributed by atoms with Crippen LogP contribution < -0.4 is 0 Å². The fourth-order valence-corrected chi connectivity index (χ4v) is 2.40. The number of carboxylic acid groups (broad SMARTS) is 1. The van der Waals surface area contributed by atoms with Gasteiger partial charge < -0.3 is 19.6 Å². The van der Waals surface area contributed by atoms with E-state index >= 15 is 0 Å². The summed E-state index contributed by atoms with van der Waals surface area (Å²) in [5.74, 6) is -1.33. The summed E-state index contributed by atoms with van der Waals surface area (Å²) in [6.45, 7) is 2.70. The SMILES string of the molecule is CCOC(=O)CCN(C)C(=O)N1CCCCCC1C(=O)O. The predicted octanol–water partition coefficient (Wildman–Crippen LogP) is 1.32. The summed E-state index contributed by atoms with van der Waals surface area (Å²) >= 11 is 0. The lowest BCUT2D eigenvalue weighted by molar-refractivity contribution is -0.144. The van der Waals surface area contributed by atoms with Crippen molar-refractivity contribution < 1.29 is 24.2 Å². The first kappa shape index (κ1) is 17.3. The van der Waals surface area contributed by atoms with Gasteiger partial charge in [-0.25, -0.2) is 9.59 Å². The van der Waals surface area contributed by atoms with Crippen molar-refractivity contribution in [3.8, 4) is 0 Å². The van der Waals surface area contributed by atoms with E-state index in [0.717, 1.165) is 19.3 Å². The van der Waals surface area contributed by atoms with Gasteiger partial charge >= 0.3 is 18.0 Å². The van der Waals surface area contributed by atoms with Gasteiger partial charge in [-0.05, 0) is 19.8 Å². The lowest BCUT2D eigenvalue weighted by Crippen LogP contribution is -2.50. The van der Waals surface area contributed by atoms with Crippen molar-refractivity contribution in [2.24, 2.45) is 0 Å². The number of likely N-dealkylation sites (tertiary alicyclic amines) is 1. The van der Waals surface area contributed by atoms with E-state index in [0.29, 0.717) is 19.6 Å². The van der Waals surface area contributed by atoms with Gasteiger partial charge in [0.1, 0.15) is 6.04 Å². The summed E-state index contributed by atoms with van der Waals surface area (Å²) in [5, 5.41) is 9.27. The molecule has 7 heteroatoms. The van der Waals surface area contributed by atoms with Crippen molar-refractivity contribution in [1.82, 2.24) is 9.80 Å². The summed E-state index contributed by atoms with van der Waals surface area (Å²) in [4.78, 5) is 37.8. The van der Waals surface area contributed by atoms with Crippen molar-refractivity contribution >= 4 is 18.0 Å². The Morgan fingerprint density at radius 1 is 1.29 bits per heavy atom. The van der Waals surface area contributed by atoms with Crippen LogP contribution in [0.1, 0.15) is 39.0 Å². The minimum Gasteiger partial charge on any atom is -0.480 e. The fraction of sp³-hybridized carbons (Fsp3) is 0.786. The second kappa shape index (κ2) is 8.49. The molecule has 1 rings (SSSR count). The zero-order valence-corrected chi connectivity index (χ0v) is 12.7. The number of rotatable bonds is 5. The van der Waals surface area contributed by atoms with Crippen LogP contribution in [0.4, 0.5) is 4.79 Å². The maximum atomic E-state index is 12.4. The molecule has 0 aromatic heterocycles. The first-order chi connectivity index (χ1) is 9.97. The van der Waals surface area contributed by atoms with Gasteiger partial charge in [-0.1, -0.05) is 12.8 Å². The van der Waals surface area contributed by atoms with E-state index in [-0.39, 0.29) is 25.0 Å². The normalized spacial score (nSPS) is 18.8. The number of carbonyl (C=O) groups excluding carboxylic acids is 2. The van der Waals surface area contributed by atoms with Crippen molar-refractivity contribution in [1.29, 1.82) is 0 Å². The van der Waals surface area contributed by atoms with E-state index in [1.54, 1.807) is 14.0 Å². The number of amides is 2. The number of aliphatic carboxylic acids is 1. The third kappa shape index (κ3) is 5.24. The quantitative estimate of drug-likeness (QED) is 0.774. The Labute approximate surface area is 124 Å². The second-order valence-corrected chi connectivity index (χ2v) is 5.16. The van der Waals surface area contributed by atoms with Crippen LogP contribution in [0.2, 0.25) is 0 Å². The van der Waals surface area contributed by atoms with Gasteiger partial charge in [0.15, 0.2) is 0 Å². The standard InChI is InChI=1S/C14H24N2O5/c1-3-21-12(17)8-10-15(2)14(20)16-9-6-4-5-7-11(16)13(18)19/h11H,3-10H2,1-2H3,(H,18,19). The van der Waals surface area contributed by atoms with E-state index < -0.39 is 12.0 Å². The molecule has 1 aliphatic heterocycles. The molecule has 0 aromatic rings. The van der Waals surface area contributed by atoms with E-state index in [1.807, 2.05) is 0 Å². The number of hydrogen-bond acceptors (Lipinski definition) is 4. The highest BCUT2D eigenvalue weighted by atomic mass is 16.5. The molecule has 1 fully saturated rings. The van der Waals surface area contributed by atoms with Gasteiger partial charge in [0.25, 0.3) is 0 Å². The highest BCUT2D eigenvalue weighted by molar-refractivity contribution is 5.83. The van der Waals surface area contributed by atoms with Crippen LogP contribution in [-0.4, -0.2) is 65.7 Å². The zero-order valence-electron chi connectivity index (χ0n) is 12.7. The number of nitrogens with zero attached hydrogens (tertiary/aromatic N) is 2. The van der Waals surface area contributed by atoms with Crippen molar-refractivity contribution in [2.45, 2.75) is 45.1 Å². The van der Waals surface area contributed by atoms with Crippen molar-refractivity contribution in [2.75, 3.05) is 26.7 Å². The van der Waals surface area contributed by atoms with Crippen LogP contribution in [0.3, 0.4) is 0 Å². The maximum absolute atomic E-state index is 12.4. The lowest BCUT2D eigenvalue weighted by Gasteiger charge is -2.31. The summed E-state index contributed by atoms with van der Waals surface area (Å²) in [6, 6.07) is -1.11. The molecule has 1 heterocycles. The molecule has 0 bridgehead atoms. The summed E-state index contributed by atoms with van der Waals surface area (Å²) in [7, 11) is 1.57. The molecular weight excluding hydrogens is 276 g/mol. The van der Waals surface area contributed by atoms with Crippen LogP contribution in [0.25, 0.3) is 0 Å². The van der Waals surface area contributed by atoms with Crippen molar-refractivity contribution in [3.63, 3.8) is 0 Å². The molecule has 0 aliphatic carbocycles. The van der Waals surface area contributed by atoms with E-state index in [9.17, 15) is 19.5 Å². The van der Waals surface area contributed by atoms with Gasteiger partial charge in [-0.15, -0.1) is 0 Å². The maximum Gasteiger partial charge on any atom is 0.326 e. The number of carbonyl (C=O) groups is 3. The predicted molar refractivity (Wildman–Crippen MR) is 75.9 cm³/mol. The topological polar surface area (TPSA) is 87.2 Å². The molecule has 1 unspecified atom stereocenters. The lowest BCUT2D eigenvalue weighted by atomic mass is 10.1. The molecule has 21 heavy (non-hydrogen) atoms. The molecule has 1 aliphatic rings. The highest BCUT2D eigenvalue weighted by Gasteiger charge is 2.32. The molecule has 0 spiro atoms. The summed E-state index contributed by atoms with van der Waals surface area (Å²) < 4.78 is 4.81. The number of ether oxygens (including phenoxy) is 1. The first-order valence-corrected chi connectivity index (χ1v) is 7.37. The number of urea groups is 1. The Hall–Kier alpha value is -1.79. The Balaban J connectivity index is 2.60. The molecule has 0 aromatic carbocycles. The minimum absolute atomic E-state index is 0.113. The minimum atomic E-state index is -0.968. The van der Waals surface area contributed by atoms with Gasteiger partial charge in [0, 0.05) is 20.1 Å². The molecule has 120 valence electrons. The van der Waals surface area contributed by atoms with Gasteiger partial charge in [0.2, 0.25) is 0 Å². The molecule has 1 atom stereocenters. The van der Waals surface area contributed by atoms with Gasteiger partial charge in [-0.2, -0.15) is 0 Å².